The molecule has 0 aliphatic carbocycles. The van der Waals surface area contributed by atoms with Crippen molar-refractivity contribution in [2.24, 2.45) is 5.10 Å². The van der Waals surface area contributed by atoms with Gasteiger partial charge in [0, 0.05) is 48.1 Å². The highest BCUT2D eigenvalue weighted by atomic mass is 32.2. The molecular weight excluding hydrogens is 559 g/mol. The molecular formula is C27H18F3N7O3S. The molecule has 3 aromatic heterocycles. The summed E-state index contributed by atoms with van der Waals surface area (Å²) in [5, 5.41) is 6.16. The number of fused-ring (bicyclic) bond motifs is 1. The van der Waals surface area contributed by atoms with E-state index in [1.807, 2.05) is 4.72 Å². The Kier molecular flexibility index (Phi) is 6.46. The van der Waals surface area contributed by atoms with Crippen molar-refractivity contribution in [1.82, 2.24) is 19.9 Å². The van der Waals surface area contributed by atoms with Crippen LogP contribution >= 0.6 is 0 Å². The summed E-state index contributed by atoms with van der Waals surface area (Å²) in [6.45, 7) is 0.691. The Morgan fingerprint density at radius 1 is 1.00 bits per heavy atom. The molecule has 14 heteroatoms. The number of nitrogens with zero attached hydrogens (tertiary/aromatic N) is 5. The van der Waals surface area contributed by atoms with Crippen molar-refractivity contribution in [3.8, 4) is 11.3 Å². The topological polar surface area (TPSA) is 133 Å². The molecule has 10 nitrogen and oxygen atoms in total. The standard InChI is InChI=1S/C27H18F3N7O3S/c28-16-3-1-4-17(10-16)41(39,40)36-21-6-5-20(29)24(25(21)30)26(38)19-12-34-27-18(19)9-15(11-33-27)22-13-32-23(14-31-22)37-8-2-7-35-37/h1,3-7,9-14,36H,2,8H2,(H,33,34). The third-order valence-electron chi connectivity index (χ3n) is 6.33. The number of rotatable bonds is 7. The van der Waals surface area contributed by atoms with Crippen LogP contribution in [0.25, 0.3) is 22.3 Å². The van der Waals surface area contributed by atoms with Crippen LogP contribution in [0.4, 0.5) is 24.7 Å². The summed E-state index contributed by atoms with van der Waals surface area (Å²) in [6, 6.07) is 7.24. The van der Waals surface area contributed by atoms with Gasteiger partial charge in [0.2, 0.25) is 5.78 Å². The Bertz CT molecular complexity index is 1960. The van der Waals surface area contributed by atoms with Gasteiger partial charge in [-0.1, -0.05) is 6.07 Å². The number of H-pyrrole nitrogens is 1. The number of carbonyl (C=O) groups excluding carboxylic acids is 1. The van der Waals surface area contributed by atoms with Gasteiger partial charge in [0.1, 0.15) is 17.3 Å². The number of halogens is 3. The van der Waals surface area contributed by atoms with Gasteiger partial charge in [0.15, 0.2) is 11.6 Å². The molecule has 1 aliphatic rings. The highest BCUT2D eigenvalue weighted by Crippen LogP contribution is 2.30. The van der Waals surface area contributed by atoms with E-state index in [1.54, 1.807) is 23.5 Å². The van der Waals surface area contributed by atoms with Crippen LogP contribution in [0.5, 0.6) is 0 Å². The summed E-state index contributed by atoms with van der Waals surface area (Å²) in [7, 11) is -4.45. The third-order valence-corrected chi connectivity index (χ3v) is 7.70. The van der Waals surface area contributed by atoms with Gasteiger partial charge in [-0.15, -0.1) is 0 Å². The molecule has 41 heavy (non-hydrogen) atoms. The molecule has 0 atom stereocenters. The fourth-order valence-electron chi connectivity index (χ4n) is 4.31. The second-order valence-corrected chi connectivity index (χ2v) is 10.7. The van der Waals surface area contributed by atoms with Crippen LogP contribution in [0, 0.1) is 17.5 Å². The number of ketones is 1. The van der Waals surface area contributed by atoms with E-state index in [-0.39, 0.29) is 16.6 Å². The number of hydrogen-bond donors (Lipinski definition) is 2. The van der Waals surface area contributed by atoms with E-state index in [1.165, 1.54) is 24.7 Å². The summed E-state index contributed by atoms with van der Waals surface area (Å²) in [5.74, 6) is -3.94. The van der Waals surface area contributed by atoms with Gasteiger partial charge < -0.3 is 4.98 Å². The molecule has 5 aromatic rings. The Morgan fingerprint density at radius 3 is 2.59 bits per heavy atom. The molecule has 4 heterocycles. The fourth-order valence-corrected chi connectivity index (χ4v) is 5.41. The zero-order valence-corrected chi connectivity index (χ0v) is 21.7. The first kappa shape index (κ1) is 26.1. The normalized spacial score (nSPS) is 13.2. The van der Waals surface area contributed by atoms with Gasteiger partial charge in [0.25, 0.3) is 10.0 Å². The number of anilines is 2. The van der Waals surface area contributed by atoms with Crippen LogP contribution in [0.1, 0.15) is 22.3 Å². The van der Waals surface area contributed by atoms with E-state index in [0.29, 0.717) is 23.6 Å². The molecule has 0 unspecified atom stereocenters. The number of aromatic nitrogens is 4. The predicted molar refractivity (Wildman–Crippen MR) is 145 cm³/mol. The zero-order chi connectivity index (χ0) is 28.7. The maximum absolute atomic E-state index is 15.5. The number of carbonyl (C=O) groups is 1. The maximum atomic E-state index is 15.5. The second-order valence-electron chi connectivity index (χ2n) is 8.97. The molecule has 0 saturated heterocycles. The quantitative estimate of drug-likeness (QED) is 0.269. The number of sulfonamides is 1. The predicted octanol–water partition coefficient (Wildman–Crippen LogP) is 4.66. The van der Waals surface area contributed by atoms with Gasteiger partial charge in [-0.05, 0) is 36.4 Å². The number of benzene rings is 2. The number of pyridine rings is 1. The van der Waals surface area contributed by atoms with Crippen LogP contribution < -0.4 is 9.73 Å². The summed E-state index contributed by atoms with van der Waals surface area (Å²) in [4.78, 5) is 28.8. The SMILES string of the molecule is O=C(c1c(F)ccc(NS(=O)(=O)c2cccc(F)c2)c1F)c1c[nH]c2ncc(-c3cnc(N4CCC=N4)cn3)cc12. The number of aromatic amines is 1. The Hall–Kier alpha value is -5.11. The maximum Gasteiger partial charge on any atom is 0.262 e. The minimum atomic E-state index is -4.45. The van der Waals surface area contributed by atoms with Crippen molar-refractivity contribution >= 4 is 44.6 Å². The van der Waals surface area contributed by atoms with Gasteiger partial charge in [-0.2, -0.15) is 5.10 Å². The van der Waals surface area contributed by atoms with Crippen LogP contribution in [0.3, 0.4) is 0 Å². The van der Waals surface area contributed by atoms with Crippen LogP contribution in [-0.4, -0.2) is 46.9 Å². The Balaban J connectivity index is 1.34. The zero-order valence-electron chi connectivity index (χ0n) is 20.8. The van der Waals surface area contributed by atoms with Crippen molar-refractivity contribution in [3.05, 3.63) is 95.8 Å². The first-order chi connectivity index (χ1) is 19.7. The van der Waals surface area contributed by atoms with Crippen molar-refractivity contribution in [3.63, 3.8) is 0 Å². The van der Waals surface area contributed by atoms with E-state index in [0.717, 1.165) is 36.8 Å². The van der Waals surface area contributed by atoms with Crippen molar-refractivity contribution < 1.29 is 26.4 Å². The molecule has 1 aliphatic heterocycles. The largest absolute Gasteiger partial charge is 0.345 e. The lowest BCUT2D eigenvalue weighted by molar-refractivity contribution is 0.103. The van der Waals surface area contributed by atoms with Crippen LogP contribution in [0.2, 0.25) is 0 Å². The van der Waals surface area contributed by atoms with Gasteiger partial charge in [-0.25, -0.2) is 36.6 Å². The monoisotopic (exact) mass is 577 g/mol. The molecule has 0 saturated carbocycles. The van der Waals surface area contributed by atoms with Crippen molar-refractivity contribution in [1.29, 1.82) is 0 Å². The van der Waals surface area contributed by atoms with Gasteiger partial charge >= 0.3 is 0 Å². The minimum absolute atomic E-state index is 0.103. The molecule has 2 N–H and O–H groups in total. The molecule has 0 fully saturated rings. The van der Waals surface area contributed by atoms with Crippen molar-refractivity contribution in [2.45, 2.75) is 11.3 Å². The van der Waals surface area contributed by atoms with Crippen LogP contribution in [-0.2, 0) is 10.0 Å². The summed E-state index contributed by atoms with van der Waals surface area (Å²) in [5.41, 5.74) is -0.559. The lowest BCUT2D eigenvalue weighted by atomic mass is 10.0. The first-order valence-electron chi connectivity index (χ1n) is 12.1. The van der Waals surface area contributed by atoms with Crippen LogP contribution in [0.15, 0.2) is 77.2 Å². The summed E-state index contributed by atoms with van der Waals surface area (Å²) < 4.78 is 71.2. The van der Waals surface area contributed by atoms with Gasteiger partial charge in [0.05, 0.1) is 34.2 Å². The highest BCUT2D eigenvalue weighted by molar-refractivity contribution is 7.92. The average Bonchev–Trinajstić information content (AvgIpc) is 3.65. The molecule has 6 rings (SSSR count). The smallest absolute Gasteiger partial charge is 0.262 e. The van der Waals surface area contributed by atoms with E-state index in [2.05, 4.69) is 25.0 Å². The van der Waals surface area contributed by atoms with E-state index in [9.17, 15) is 22.0 Å². The second kappa shape index (κ2) is 10.1. The number of hydrazone groups is 1. The minimum Gasteiger partial charge on any atom is -0.345 e. The fraction of sp³-hybridized carbons (Fsp3) is 0.0741. The molecule has 0 bridgehead atoms. The summed E-state index contributed by atoms with van der Waals surface area (Å²) in [6.07, 6.45) is 8.41. The molecule has 206 valence electrons. The number of nitrogens with one attached hydrogen (secondary N) is 2. The lowest BCUT2D eigenvalue weighted by Gasteiger charge is -2.12. The highest BCUT2D eigenvalue weighted by Gasteiger charge is 2.27. The average molecular weight is 578 g/mol. The Morgan fingerprint density at radius 2 is 1.85 bits per heavy atom. The summed E-state index contributed by atoms with van der Waals surface area (Å²) >= 11 is 0. The van der Waals surface area contributed by atoms with Gasteiger partial charge in [-0.3, -0.25) is 14.5 Å². The number of hydrogen-bond acceptors (Lipinski definition) is 8. The van der Waals surface area contributed by atoms with E-state index in [4.69, 9.17) is 0 Å². The van der Waals surface area contributed by atoms with Crippen molar-refractivity contribution in [2.75, 3.05) is 16.3 Å². The molecule has 2 aromatic carbocycles. The Labute approximate surface area is 230 Å². The third kappa shape index (κ3) is 4.89. The lowest BCUT2D eigenvalue weighted by Crippen LogP contribution is -2.16. The van der Waals surface area contributed by atoms with E-state index >= 15 is 4.39 Å². The molecule has 0 radical (unpaired) electrons. The molecule has 0 amide bonds. The van der Waals surface area contributed by atoms with E-state index < -0.39 is 49.4 Å². The first-order valence-corrected chi connectivity index (χ1v) is 13.6. The molecule has 0 spiro atoms.